The fourth-order valence-corrected chi connectivity index (χ4v) is 3.26. The van der Waals surface area contributed by atoms with E-state index >= 15 is 0 Å². The van der Waals surface area contributed by atoms with E-state index < -0.39 is 0 Å². The van der Waals surface area contributed by atoms with Gasteiger partial charge in [0.2, 0.25) is 0 Å². The van der Waals surface area contributed by atoms with Crippen LogP contribution in [0.5, 0.6) is 0 Å². The lowest BCUT2D eigenvalue weighted by molar-refractivity contribution is 0.544. The Bertz CT molecular complexity index is 815. The number of anilines is 1. The smallest absolute Gasteiger partial charge is 0.0831 e. The molecule has 2 heteroatoms. The summed E-state index contributed by atoms with van der Waals surface area (Å²) in [7, 11) is 0. The van der Waals surface area contributed by atoms with Crippen LogP contribution in [0.1, 0.15) is 65.1 Å². The van der Waals surface area contributed by atoms with E-state index in [1.807, 2.05) is 0 Å². The van der Waals surface area contributed by atoms with Crippen molar-refractivity contribution in [2.45, 2.75) is 59.4 Å². The van der Waals surface area contributed by atoms with E-state index in [0.717, 1.165) is 17.8 Å². The van der Waals surface area contributed by atoms with Gasteiger partial charge in [-0.15, -0.1) is 0 Å². The Kier molecular flexibility index (Phi) is 5.28. The number of hydrogen-bond donors (Lipinski definition) is 0. The summed E-state index contributed by atoms with van der Waals surface area (Å²) in [5, 5.41) is 7.13. The van der Waals surface area contributed by atoms with Gasteiger partial charge in [-0.25, -0.2) is 0 Å². The van der Waals surface area contributed by atoms with Crippen molar-refractivity contribution < 1.29 is 0 Å². The van der Waals surface area contributed by atoms with Crippen molar-refractivity contribution in [3.63, 3.8) is 0 Å². The average Bonchev–Trinajstić information content (AvgIpc) is 3.04. The molecule has 0 radical (unpaired) electrons. The first-order valence-electron chi connectivity index (χ1n) is 9.85. The highest BCUT2D eigenvalue weighted by Crippen LogP contribution is 2.36. The van der Waals surface area contributed by atoms with Crippen LogP contribution in [0.15, 0.2) is 71.9 Å². The van der Waals surface area contributed by atoms with E-state index in [2.05, 4.69) is 113 Å². The van der Waals surface area contributed by atoms with Gasteiger partial charge in [0.25, 0.3) is 0 Å². The summed E-state index contributed by atoms with van der Waals surface area (Å²) in [6.45, 7) is 13.4. The molecule has 0 N–H and O–H groups in total. The zero-order valence-electron chi connectivity index (χ0n) is 17.5. The number of para-hydroxylation sites is 1. The molecule has 0 aliphatic carbocycles. The van der Waals surface area contributed by atoms with Gasteiger partial charge in [-0.1, -0.05) is 90.1 Å². The highest BCUT2D eigenvalue weighted by molar-refractivity contribution is 5.98. The topological polar surface area (TPSA) is 15.6 Å². The summed E-state index contributed by atoms with van der Waals surface area (Å²) in [4.78, 5) is 0. The molecule has 1 unspecified atom stereocenters. The monoisotopic (exact) mass is 360 g/mol. The number of hydrogen-bond acceptors (Lipinski definition) is 2. The Morgan fingerprint density at radius 2 is 1.52 bits per heavy atom. The number of hydrazone groups is 1. The molecule has 0 fully saturated rings. The van der Waals surface area contributed by atoms with Gasteiger partial charge in [0.15, 0.2) is 0 Å². The number of allylic oxidation sites excluding steroid dienone is 2. The molecule has 0 aromatic heterocycles. The molecule has 1 heterocycles. The maximum atomic E-state index is 4.95. The summed E-state index contributed by atoms with van der Waals surface area (Å²) >= 11 is 0. The van der Waals surface area contributed by atoms with Crippen molar-refractivity contribution in [3.8, 4) is 0 Å². The second kappa shape index (κ2) is 7.34. The van der Waals surface area contributed by atoms with E-state index in [9.17, 15) is 0 Å². The minimum absolute atomic E-state index is 0.159. The van der Waals surface area contributed by atoms with E-state index in [1.165, 1.54) is 11.1 Å². The Balaban J connectivity index is 1.92. The van der Waals surface area contributed by atoms with Crippen molar-refractivity contribution >= 4 is 11.4 Å². The van der Waals surface area contributed by atoms with Gasteiger partial charge >= 0.3 is 0 Å². The standard InChI is InChI=1S/C25H32N2/c1-24(2,3)17-16-21-18-23(27(26-21)22-10-8-7-9-11-22)19-12-14-20(15-13-19)25(4,5)6/h7-17,23H,18H2,1-6H3. The fourth-order valence-electron chi connectivity index (χ4n) is 3.26. The Morgan fingerprint density at radius 1 is 0.889 bits per heavy atom. The molecule has 142 valence electrons. The molecule has 2 nitrogen and oxygen atoms in total. The normalized spacial score (nSPS) is 18.2. The van der Waals surface area contributed by atoms with Gasteiger partial charge < -0.3 is 0 Å². The van der Waals surface area contributed by atoms with Crippen LogP contribution in [0, 0.1) is 5.41 Å². The zero-order chi connectivity index (χ0) is 19.7. The van der Waals surface area contributed by atoms with Gasteiger partial charge in [0.1, 0.15) is 0 Å². The molecule has 0 spiro atoms. The first kappa shape index (κ1) is 19.4. The lowest BCUT2D eigenvalue weighted by Gasteiger charge is -2.25. The molecule has 27 heavy (non-hydrogen) atoms. The lowest BCUT2D eigenvalue weighted by atomic mass is 9.86. The van der Waals surface area contributed by atoms with Crippen molar-refractivity contribution in [1.82, 2.24) is 0 Å². The van der Waals surface area contributed by atoms with E-state index in [-0.39, 0.29) is 16.9 Å². The first-order valence-corrected chi connectivity index (χ1v) is 9.85. The summed E-state index contributed by atoms with van der Waals surface area (Å²) < 4.78 is 0. The van der Waals surface area contributed by atoms with Gasteiger partial charge in [-0.3, -0.25) is 5.01 Å². The van der Waals surface area contributed by atoms with Crippen LogP contribution in [-0.4, -0.2) is 5.71 Å². The van der Waals surface area contributed by atoms with Crippen molar-refractivity contribution in [2.24, 2.45) is 10.5 Å². The molecule has 3 rings (SSSR count). The third-order valence-electron chi connectivity index (χ3n) is 4.89. The Labute approximate surface area is 164 Å². The highest BCUT2D eigenvalue weighted by Gasteiger charge is 2.28. The second-order valence-corrected chi connectivity index (χ2v) is 9.56. The number of nitrogens with zero attached hydrogens (tertiary/aromatic N) is 2. The molecule has 2 aromatic carbocycles. The van der Waals surface area contributed by atoms with E-state index in [1.54, 1.807) is 0 Å². The second-order valence-electron chi connectivity index (χ2n) is 9.56. The summed E-state index contributed by atoms with van der Waals surface area (Å²) in [6.07, 6.45) is 5.37. The maximum Gasteiger partial charge on any atom is 0.0831 e. The molecule has 0 saturated carbocycles. The van der Waals surface area contributed by atoms with Crippen LogP contribution in [0.4, 0.5) is 5.69 Å². The fraction of sp³-hybridized carbons (Fsp3) is 0.400. The zero-order valence-corrected chi connectivity index (χ0v) is 17.5. The summed E-state index contributed by atoms with van der Waals surface area (Å²) in [6, 6.07) is 19.8. The van der Waals surface area contributed by atoms with Crippen LogP contribution >= 0.6 is 0 Å². The Hall–Kier alpha value is -2.35. The molecule has 2 aromatic rings. The third-order valence-corrected chi connectivity index (χ3v) is 4.89. The minimum atomic E-state index is 0.159. The molecule has 0 saturated heterocycles. The average molecular weight is 361 g/mol. The van der Waals surface area contributed by atoms with Crippen molar-refractivity contribution in [3.05, 3.63) is 77.9 Å². The number of rotatable bonds is 3. The van der Waals surface area contributed by atoms with Gasteiger partial charge in [-0.05, 0) is 40.2 Å². The number of benzene rings is 2. The third kappa shape index (κ3) is 4.88. The van der Waals surface area contributed by atoms with Gasteiger partial charge in [-0.2, -0.15) is 5.10 Å². The predicted octanol–water partition coefficient (Wildman–Crippen LogP) is 6.89. The molecule has 0 bridgehead atoms. The first-order chi connectivity index (χ1) is 12.6. The highest BCUT2D eigenvalue weighted by atomic mass is 15.5. The SMILES string of the molecule is CC(C)(C)C=CC1=NN(c2ccccc2)C(c2ccc(C(C)(C)C)cc2)C1. The largest absolute Gasteiger partial charge is 0.257 e. The van der Waals surface area contributed by atoms with Gasteiger partial charge in [0.05, 0.1) is 17.4 Å². The van der Waals surface area contributed by atoms with Crippen molar-refractivity contribution in [1.29, 1.82) is 0 Å². The predicted molar refractivity (Wildman–Crippen MR) is 117 cm³/mol. The molecular formula is C25H32N2. The quantitative estimate of drug-likeness (QED) is 0.581. The van der Waals surface area contributed by atoms with Crippen molar-refractivity contribution in [2.75, 3.05) is 5.01 Å². The molecule has 1 aliphatic rings. The summed E-state index contributed by atoms with van der Waals surface area (Å²) in [5.74, 6) is 0. The van der Waals surface area contributed by atoms with Crippen LogP contribution in [0.2, 0.25) is 0 Å². The van der Waals surface area contributed by atoms with Crippen LogP contribution in [-0.2, 0) is 5.41 Å². The lowest BCUT2D eigenvalue weighted by Crippen LogP contribution is -2.19. The van der Waals surface area contributed by atoms with E-state index in [0.29, 0.717) is 0 Å². The van der Waals surface area contributed by atoms with Gasteiger partial charge in [0, 0.05) is 6.42 Å². The molecular weight excluding hydrogens is 328 g/mol. The van der Waals surface area contributed by atoms with Crippen LogP contribution < -0.4 is 5.01 Å². The Morgan fingerprint density at radius 3 is 2.07 bits per heavy atom. The minimum Gasteiger partial charge on any atom is -0.257 e. The molecule has 0 amide bonds. The molecule has 1 atom stereocenters. The molecule has 1 aliphatic heterocycles. The summed E-state index contributed by atoms with van der Waals surface area (Å²) in [5.41, 5.74) is 5.29. The maximum absolute atomic E-state index is 4.95. The van der Waals surface area contributed by atoms with Crippen LogP contribution in [0.3, 0.4) is 0 Å². The van der Waals surface area contributed by atoms with Crippen LogP contribution in [0.25, 0.3) is 0 Å². The van der Waals surface area contributed by atoms with E-state index in [4.69, 9.17) is 5.10 Å².